The second-order valence-corrected chi connectivity index (χ2v) is 5.51. The number of primary amides is 1. The minimum atomic E-state index is -0.355. The molecule has 19 heavy (non-hydrogen) atoms. The van der Waals surface area contributed by atoms with E-state index >= 15 is 0 Å². The van der Waals surface area contributed by atoms with Gasteiger partial charge in [0, 0.05) is 19.0 Å². The summed E-state index contributed by atoms with van der Waals surface area (Å²) in [6.07, 6.45) is 3.17. The van der Waals surface area contributed by atoms with Crippen LogP contribution in [0.3, 0.4) is 0 Å². The van der Waals surface area contributed by atoms with Crippen molar-refractivity contribution in [1.82, 2.24) is 4.90 Å². The molecule has 2 atom stereocenters. The van der Waals surface area contributed by atoms with Crippen molar-refractivity contribution in [2.24, 2.45) is 11.7 Å². The largest absolute Gasteiger partial charge is 0.369 e. The monoisotopic (exact) mass is 258 g/mol. The second-order valence-electron chi connectivity index (χ2n) is 5.51. The van der Waals surface area contributed by atoms with Crippen molar-refractivity contribution in [3.63, 3.8) is 0 Å². The number of fused-ring (bicyclic) bond motifs is 1. The number of rotatable bonds is 2. The number of carbonyl (C=O) groups is 2. The van der Waals surface area contributed by atoms with Gasteiger partial charge in [-0.1, -0.05) is 24.3 Å². The summed E-state index contributed by atoms with van der Waals surface area (Å²) in [5.74, 6) is -0.579. The van der Waals surface area contributed by atoms with Gasteiger partial charge in [0.15, 0.2) is 0 Å². The van der Waals surface area contributed by atoms with Gasteiger partial charge in [0.25, 0.3) is 0 Å². The summed E-state index contributed by atoms with van der Waals surface area (Å²) in [4.78, 5) is 25.1. The highest BCUT2D eigenvalue weighted by atomic mass is 16.2. The molecule has 1 saturated heterocycles. The Kier molecular flexibility index (Phi) is 3.01. The van der Waals surface area contributed by atoms with Gasteiger partial charge in [-0.25, -0.2) is 0 Å². The predicted octanol–water partition coefficient (Wildman–Crippen LogP) is 0.878. The fourth-order valence-corrected chi connectivity index (χ4v) is 3.22. The van der Waals surface area contributed by atoms with Crippen molar-refractivity contribution in [1.29, 1.82) is 0 Å². The summed E-state index contributed by atoms with van der Waals surface area (Å²) in [7, 11) is 0. The zero-order valence-electron chi connectivity index (χ0n) is 10.8. The minimum absolute atomic E-state index is 0.0770. The standard InChI is InChI=1S/C15H18N2O2/c16-15(19)12-8-14(18)17(9-12)13-6-5-10-3-1-2-4-11(10)7-13/h1-4,12-13H,5-9H2,(H2,16,19). The van der Waals surface area contributed by atoms with E-state index in [9.17, 15) is 9.59 Å². The first-order valence-corrected chi connectivity index (χ1v) is 6.80. The zero-order chi connectivity index (χ0) is 13.4. The number of aryl methyl sites for hydroxylation is 1. The molecule has 0 aromatic heterocycles. The average Bonchev–Trinajstić information content (AvgIpc) is 2.80. The van der Waals surface area contributed by atoms with E-state index in [4.69, 9.17) is 5.73 Å². The lowest BCUT2D eigenvalue weighted by atomic mass is 9.87. The molecule has 2 amide bonds. The summed E-state index contributed by atoms with van der Waals surface area (Å²) < 4.78 is 0. The van der Waals surface area contributed by atoms with E-state index in [0.29, 0.717) is 6.54 Å². The second kappa shape index (κ2) is 4.68. The fourth-order valence-electron chi connectivity index (χ4n) is 3.22. The third kappa shape index (κ3) is 2.23. The molecule has 1 aliphatic heterocycles. The smallest absolute Gasteiger partial charge is 0.223 e. The molecule has 1 aromatic rings. The van der Waals surface area contributed by atoms with Crippen LogP contribution in [0.15, 0.2) is 24.3 Å². The minimum Gasteiger partial charge on any atom is -0.369 e. The van der Waals surface area contributed by atoms with E-state index in [1.807, 2.05) is 11.0 Å². The SMILES string of the molecule is NC(=O)C1CC(=O)N(C2CCc3ccccc3C2)C1. The van der Waals surface area contributed by atoms with Crippen molar-refractivity contribution in [3.05, 3.63) is 35.4 Å². The average molecular weight is 258 g/mol. The normalized spacial score (nSPS) is 26.3. The maximum Gasteiger partial charge on any atom is 0.223 e. The van der Waals surface area contributed by atoms with Crippen molar-refractivity contribution in [2.75, 3.05) is 6.54 Å². The highest BCUT2D eigenvalue weighted by Crippen LogP contribution is 2.28. The Morgan fingerprint density at radius 1 is 1.21 bits per heavy atom. The predicted molar refractivity (Wildman–Crippen MR) is 71.3 cm³/mol. The quantitative estimate of drug-likeness (QED) is 0.855. The van der Waals surface area contributed by atoms with Gasteiger partial charge >= 0.3 is 0 Å². The van der Waals surface area contributed by atoms with Gasteiger partial charge in [0.05, 0.1) is 5.92 Å². The van der Waals surface area contributed by atoms with E-state index in [1.165, 1.54) is 11.1 Å². The van der Waals surface area contributed by atoms with Crippen LogP contribution < -0.4 is 5.73 Å². The molecule has 2 N–H and O–H groups in total. The van der Waals surface area contributed by atoms with Crippen LogP contribution in [0.2, 0.25) is 0 Å². The summed E-state index contributed by atoms with van der Waals surface area (Å²) in [6, 6.07) is 8.62. The number of benzene rings is 1. The van der Waals surface area contributed by atoms with Crippen LogP contribution in [0.1, 0.15) is 24.0 Å². The van der Waals surface area contributed by atoms with Crippen molar-refractivity contribution >= 4 is 11.8 Å². The zero-order valence-corrected chi connectivity index (χ0v) is 10.8. The van der Waals surface area contributed by atoms with Crippen molar-refractivity contribution in [3.8, 4) is 0 Å². The molecule has 0 bridgehead atoms. The van der Waals surface area contributed by atoms with Crippen LogP contribution in [0.5, 0.6) is 0 Å². The molecule has 1 aromatic carbocycles. The molecule has 100 valence electrons. The molecule has 4 nitrogen and oxygen atoms in total. The third-order valence-electron chi connectivity index (χ3n) is 4.32. The van der Waals surface area contributed by atoms with Gasteiger partial charge in [0.1, 0.15) is 0 Å². The Bertz CT molecular complexity index is 527. The van der Waals surface area contributed by atoms with Gasteiger partial charge < -0.3 is 10.6 Å². The van der Waals surface area contributed by atoms with E-state index in [-0.39, 0.29) is 30.2 Å². The first-order chi connectivity index (χ1) is 9.15. The molecule has 0 radical (unpaired) electrons. The number of amides is 2. The Balaban J connectivity index is 1.75. The molecule has 2 unspecified atom stereocenters. The summed E-state index contributed by atoms with van der Waals surface area (Å²) >= 11 is 0. The molecule has 1 fully saturated rings. The Labute approximate surface area is 112 Å². The number of hydrogen-bond acceptors (Lipinski definition) is 2. The summed E-state index contributed by atoms with van der Waals surface area (Å²) in [5, 5.41) is 0. The lowest BCUT2D eigenvalue weighted by Gasteiger charge is -2.32. The molecule has 3 rings (SSSR count). The molecule has 0 saturated carbocycles. The molecule has 0 spiro atoms. The molecule has 4 heteroatoms. The molecular formula is C15H18N2O2. The first kappa shape index (κ1) is 12.2. The maximum atomic E-state index is 12.0. The number of nitrogens with two attached hydrogens (primary N) is 1. The van der Waals surface area contributed by atoms with Gasteiger partial charge in [-0.3, -0.25) is 9.59 Å². The van der Waals surface area contributed by atoms with Gasteiger partial charge in [-0.2, -0.15) is 0 Å². The summed E-state index contributed by atoms with van der Waals surface area (Å²) in [6.45, 7) is 0.501. The van der Waals surface area contributed by atoms with Gasteiger partial charge in [-0.15, -0.1) is 0 Å². The van der Waals surface area contributed by atoms with E-state index in [0.717, 1.165) is 19.3 Å². The lowest BCUT2D eigenvalue weighted by Crippen LogP contribution is -2.41. The molecule has 1 heterocycles. The van der Waals surface area contributed by atoms with Gasteiger partial charge in [-0.05, 0) is 30.4 Å². The van der Waals surface area contributed by atoms with Crippen molar-refractivity contribution in [2.45, 2.75) is 31.7 Å². The fraction of sp³-hybridized carbons (Fsp3) is 0.467. The highest BCUT2D eigenvalue weighted by Gasteiger charge is 2.37. The first-order valence-electron chi connectivity index (χ1n) is 6.80. The van der Waals surface area contributed by atoms with Gasteiger partial charge in [0.2, 0.25) is 11.8 Å². The van der Waals surface area contributed by atoms with Crippen LogP contribution in [0.4, 0.5) is 0 Å². The third-order valence-corrected chi connectivity index (χ3v) is 4.32. The summed E-state index contributed by atoms with van der Waals surface area (Å²) in [5.41, 5.74) is 8.02. The van der Waals surface area contributed by atoms with Crippen LogP contribution in [0, 0.1) is 5.92 Å². The lowest BCUT2D eigenvalue weighted by molar-refractivity contribution is -0.130. The molecular weight excluding hydrogens is 240 g/mol. The molecule has 2 aliphatic rings. The van der Waals surface area contributed by atoms with E-state index < -0.39 is 0 Å². The van der Waals surface area contributed by atoms with Crippen LogP contribution in [-0.4, -0.2) is 29.3 Å². The maximum absolute atomic E-state index is 12.0. The van der Waals surface area contributed by atoms with Crippen LogP contribution in [-0.2, 0) is 22.4 Å². The van der Waals surface area contributed by atoms with E-state index in [1.54, 1.807) is 0 Å². The van der Waals surface area contributed by atoms with Crippen LogP contribution in [0.25, 0.3) is 0 Å². The number of nitrogens with zero attached hydrogens (tertiary/aromatic N) is 1. The Morgan fingerprint density at radius 3 is 2.63 bits per heavy atom. The Morgan fingerprint density at radius 2 is 1.95 bits per heavy atom. The Hall–Kier alpha value is -1.84. The van der Waals surface area contributed by atoms with Crippen LogP contribution >= 0.6 is 0 Å². The number of hydrogen-bond donors (Lipinski definition) is 1. The topological polar surface area (TPSA) is 63.4 Å². The van der Waals surface area contributed by atoms with Crippen molar-refractivity contribution < 1.29 is 9.59 Å². The number of likely N-dealkylation sites (tertiary alicyclic amines) is 1. The number of carbonyl (C=O) groups excluding carboxylic acids is 2. The highest BCUT2D eigenvalue weighted by molar-refractivity contribution is 5.88. The van der Waals surface area contributed by atoms with E-state index in [2.05, 4.69) is 18.2 Å². The molecule has 1 aliphatic carbocycles.